The number of carbonyl (C=O) groups excluding carboxylic acids is 1. The number of hydrogen-bond donors (Lipinski definition) is 1. The van der Waals surface area contributed by atoms with Gasteiger partial charge in [-0.1, -0.05) is 12.1 Å². The summed E-state index contributed by atoms with van der Waals surface area (Å²) in [6.45, 7) is 0.438. The standard InChI is InChI=1S/C25H31N3O5S/c1-32-24-14-9-19(15-25(24)33-22-5-3-4-6-22)23-13-12-21(17-29)28(26-23)16-18-7-10-20(11-8-18)27-34(2,30)31/h7-11,14-15,17,21-22,27H,3-6,12-13,16H2,1-2H3. The number of hydrogen-bond acceptors (Lipinski definition) is 7. The van der Waals surface area contributed by atoms with Gasteiger partial charge in [0, 0.05) is 11.3 Å². The maximum absolute atomic E-state index is 11.7. The summed E-state index contributed by atoms with van der Waals surface area (Å²) in [5.74, 6) is 1.44. The van der Waals surface area contributed by atoms with Crippen LogP contribution in [0.25, 0.3) is 0 Å². The zero-order chi connectivity index (χ0) is 24.1. The lowest BCUT2D eigenvalue weighted by molar-refractivity contribution is -0.113. The Kier molecular flexibility index (Phi) is 7.41. The van der Waals surface area contributed by atoms with Crippen LogP contribution >= 0.6 is 0 Å². The number of rotatable bonds is 9. The molecule has 34 heavy (non-hydrogen) atoms. The number of benzene rings is 2. The molecule has 0 saturated heterocycles. The molecule has 1 heterocycles. The van der Waals surface area contributed by atoms with Crippen molar-refractivity contribution in [3.8, 4) is 11.5 Å². The molecule has 1 saturated carbocycles. The van der Waals surface area contributed by atoms with Gasteiger partial charge in [0.1, 0.15) is 12.3 Å². The number of nitrogens with one attached hydrogen (secondary N) is 1. The molecule has 8 nitrogen and oxygen atoms in total. The monoisotopic (exact) mass is 485 g/mol. The highest BCUT2D eigenvalue weighted by Crippen LogP contribution is 2.33. The minimum absolute atomic E-state index is 0.216. The second-order valence-corrected chi connectivity index (χ2v) is 10.6. The number of aldehydes is 1. The van der Waals surface area contributed by atoms with Gasteiger partial charge in [0.15, 0.2) is 11.5 Å². The van der Waals surface area contributed by atoms with Gasteiger partial charge in [0.05, 0.1) is 31.7 Å². The molecule has 0 aromatic heterocycles. The van der Waals surface area contributed by atoms with Crippen LogP contribution in [0.4, 0.5) is 5.69 Å². The molecular formula is C25H31N3O5S. The summed E-state index contributed by atoms with van der Waals surface area (Å²) >= 11 is 0. The number of anilines is 1. The number of sulfonamides is 1. The molecule has 2 aliphatic rings. The smallest absolute Gasteiger partial charge is 0.229 e. The minimum Gasteiger partial charge on any atom is -0.493 e. The van der Waals surface area contributed by atoms with Gasteiger partial charge in [0.25, 0.3) is 0 Å². The van der Waals surface area contributed by atoms with E-state index in [1.807, 2.05) is 30.3 Å². The van der Waals surface area contributed by atoms with E-state index in [1.165, 1.54) is 12.8 Å². The summed E-state index contributed by atoms with van der Waals surface area (Å²) in [6, 6.07) is 12.6. The Morgan fingerprint density at radius 1 is 1.09 bits per heavy atom. The van der Waals surface area contributed by atoms with Crippen molar-refractivity contribution in [1.29, 1.82) is 0 Å². The van der Waals surface area contributed by atoms with Crippen molar-refractivity contribution < 1.29 is 22.7 Å². The molecule has 1 aliphatic heterocycles. The van der Waals surface area contributed by atoms with Crippen LogP contribution in [-0.2, 0) is 21.4 Å². The number of hydrazone groups is 1. The third-order valence-electron chi connectivity index (χ3n) is 6.16. The van der Waals surface area contributed by atoms with Gasteiger partial charge in [-0.25, -0.2) is 8.42 Å². The largest absolute Gasteiger partial charge is 0.493 e. The Morgan fingerprint density at radius 3 is 2.47 bits per heavy atom. The zero-order valence-electron chi connectivity index (χ0n) is 19.6. The molecule has 0 spiro atoms. The lowest BCUT2D eigenvalue weighted by atomic mass is 10.00. The SMILES string of the molecule is COc1ccc(C2=NN(Cc3ccc(NS(C)(=O)=O)cc3)C(C=O)CC2)cc1OC1CCCC1. The normalized spacial score (nSPS) is 18.9. The molecule has 1 atom stereocenters. The topological polar surface area (TPSA) is 97.3 Å². The van der Waals surface area contributed by atoms with Crippen LogP contribution in [0, 0.1) is 0 Å². The van der Waals surface area contributed by atoms with E-state index in [0.717, 1.165) is 48.0 Å². The molecule has 9 heteroatoms. The van der Waals surface area contributed by atoms with E-state index in [2.05, 4.69) is 4.72 Å². The van der Waals surface area contributed by atoms with Crippen molar-refractivity contribution in [3.63, 3.8) is 0 Å². The van der Waals surface area contributed by atoms with E-state index in [0.29, 0.717) is 30.8 Å². The Morgan fingerprint density at radius 2 is 1.82 bits per heavy atom. The molecule has 1 aliphatic carbocycles. The Labute approximate surface area is 201 Å². The Bertz CT molecular complexity index is 1140. The van der Waals surface area contributed by atoms with Crippen molar-refractivity contribution in [2.45, 2.75) is 57.2 Å². The Hall–Kier alpha value is -3.07. The van der Waals surface area contributed by atoms with E-state index in [1.54, 1.807) is 24.3 Å². The quantitative estimate of drug-likeness (QED) is 0.540. The molecule has 182 valence electrons. The maximum atomic E-state index is 11.7. The van der Waals surface area contributed by atoms with Crippen LogP contribution in [-0.4, -0.2) is 50.9 Å². The summed E-state index contributed by atoms with van der Waals surface area (Å²) < 4.78 is 37.0. The molecule has 0 radical (unpaired) electrons. The van der Waals surface area contributed by atoms with E-state index in [4.69, 9.17) is 14.6 Å². The molecule has 0 bridgehead atoms. The highest BCUT2D eigenvalue weighted by Gasteiger charge is 2.25. The summed E-state index contributed by atoms with van der Waals surface area (Å²) in [5.41, 5.74) is 3.27. The summed E-state index contributed by atoms with van der Waals surface area (Å²) in [5, 5.41) is 6.62. The van der Waals surface area contributed by atoms with Crippen molar-refractivity contribution in [2.75, 3.05) is 18.1 Å². The molecule has 1 unspecified atom stereocenters. The molecule has 4 rings (SSSR count). The van der Waals surface area contributed by atoms with Crippen LogP contribution in [0.2, 0.25) is 0 Å². The molecular weight excluding hydrogens is 454 g/mol. The third kappa shape index (κ3) is 6.08. The lowest BCUT2D eigenvalue weighted by Gasteiger charge is -2.31. The van der Waals surface area contributed by atoms with Crippen molar-refractivity contribution in [1.82, 2.24) is 5.01 Å². The molecule has 2 aromatic carbocycles. The average molecular weight is 486 g/mol. The van der Waals surface area contributed by atoms with Gasteiger partial charge in [-0.2, -0.15) is 5.10 Å². The average Bonchev–Trinajstić information content (AvgIpc) is 3.32. The third-order valence-corrected chi connectivity index (χ3v) is 6.77. The second-order valence-electron chi connectivity index (χ2n) is 8.85. The fourth-order valence-electron chi connectivity index (χ4n) is 4.42. The van der Waals surface area contributed by atoms with Gasteiger partial charge in [-0.05, 0) is 74.4 Å². The summed E-state index contributed by atoms with van der Waals surface area (Å²) in [7, 11) is -1.69. The molecule has 2 aromatic rings. The maximum Gasteiger partial charge on any atom is 0.229 e. The first-order valence-corrected chi connectivity index (χ1v) is 13.4. The first-order chi connectivity index (χ1) is 16.3. The van der Waals surface area contributed by atoms with Crippen LogP contribution in [0.1, 0.15) is 49.7 Å². The van der Waals surface area contributed by atoms with Crippen molar-refractivity contribution >= 4 is 27.7 Å². The summed E-state index contributed by atoms with van der Waals surface area (Å²) in [4.78, 5) is 11.7. The first kappa shape index (κ1) is 24.1. The van der Waals surface area contributed by atoms with E-state index < -0.39 is 10.0 Å². The fourth-order valence-corrected chi connectivity index (χ4v) is 4.98. The number of methoxy groups -OCH3 is 1. The fraction of sp³-hybridized carbons (Fsp3) is 0.440. The van der Waals surface area contributed by atoms with Gasteiger partial charge in [0.2, 0.25) is 10.0 Å². The van der Waals surface area contributed by atoms with Crippen LogP contribution in [0.15, 0.2) is 47.6 Å². The molecule has 0 amide bonds. The predicted molar refractivity (Wildman–Crippen MR) is 132 cm³/mol. The molecule has 1 fully saturated rings. The van der Waals surface area contributed by atoms with E-state index >= 15 is 0 Å². The predicted octanol–water partition coefficient (Wildman–Crippen LogP) is 3.96. The Balaban J connectivity index is 1.54. The lowest BCUT2D eigenvalue weighted by Crippen LogP contribution is -2.37. The van der Waals surface area contributed by atoms with E-state index in [9.17, 15) is 13.2 Å². The summed E-state index contributed by atoms with van der Waals surface area (Å²) in [6.07, 6.45) is 8.11. The highest BCUT2D eigenvalue weighted by molar-refractivity contribution is 7.92. The van der Waals surface area contributed by atoms with Crippen molar-refractivity contribution in [3.05, 3.63) is 53.6 Å². The van der Waals surface area contributed by atoms with Gasteiger partial charge < -0.3 is 14.3 Å². The second kappa shape index (κ2) is 10.5. The van der Waals surface area contributed by atoms with Crippen molar-refractivity contribution in [2.24, 2.45) is 5.10 Å². The van der Waals surface area contributed by atoms with Gasteiger partial charge >= 0.3 is 0 Å². The van der Waals surface area contributed by atoms with Crippen LogP contribution < -0.4 is 14.2 Å². The van der Waals surface area contributed by atoms with E-state index in [-0.39, 0.29) is 12.1 Å². The number of nitrogens with zero attached hydrogens (tertiary/aromatic N) is 2. The van der Waals surface area contributed by atoms with Gasteiger partial charge in [-0.15, -0.1) is 0 Å². The number of carbonyl (C=O) groups is 1. The highest BCUT2D eigenvalue weighted by atomic mass is 32.2. The molecule has 1 N–H and O–H groups in total. The minimum atomic E-state index is -3.33. The number of ether oxygens (including phenoxy) is 2. The zero-order valence-corrected chi connectivity index (χ0v) is 20.4. The first-order valence-electron chi connectivity index (χ1n) is 11.6. The van der Waals surface area contributed by atoms with Gasteiger partial charge in [-0.3, -0.25) is 9.73 Å². The van der Waals surface area contributed by atoms with Crippen LogP contribution in [0.3, 0.4) is 0 Å². The van der Waals surface area contributed by atoms with Crippen LogP contribution in [0.5, 0.6) is 11.5 Å².